The zero-order valence-electron chi connectivity index (χ0n) is 32.9. The molecular weight excluding hydrogens is 633 g/mol. The van der Waals surface area contributed by atoms with Crippen LogP contribution >= 0.6 is 0 Å². The molecule has 0 atom stereocenters. The average molecular weight is 707 g/mol. The molecule has 0 N–H and O–H groups in total. The minimum Gasteiger partial charge on any atom is -0.493 e. The molecule has 0 bridgehead atoms. The molecule has 0 aliphatic heterocycles. The minimum atomic E-state index is -0.710. The van der Waals surface area contributed by atoms with Crippen LogP contribution in [0.25, 0.3) is 0 Å². The van der Waals surface area contributed by atoms with Gasteiger partial charge in [0.25, 0.3) is 0 Å². The molecule has 0 amide bonds. The molecule has 51 heavy (non-hydrogen) atoms. The Balaban J connectivity index is 1.58. The maximum Gasteiger partial charge on any atom is 0.349 e. The highest BCUT2D eigenvalue weighted by atomic mass is 16.6. The second kappa shape index (κ2) is 31.9. The van der Waals surface area contributed by atoms with Crippen molar-refractivity contribution < 1.29 is 23.8 Å². The molecule has 0 aliphatic carbocycles. The van der Waals surface area contributed by atoms with Gasteiger partial charge in [0.2, 0.25) is 0 Å². The van der Waals surface area contributed by atoms with E-state index in [0.29, 0.717) is 24.7 Å². The van der Waals surface area contributed by atoms with E-state index in [-0.39, 0.29) is 11.1 Å². The van der Waals surface area contributed by atoms with Gasteiger partial charge in [-0.1, -0.05) is 205 Å². The van der Waals surface area contributed by atoms with E-state index in [1.165, 1.54) is 154 Å². The number of ether oxygens (including phenoxy) is 3. The number of benzene rings is 2. The van der Waals surface area contributed by atoms with Gasteiger partial charge < -0.3 is 14.2 Å². The molecule has 0 saturated carbocycles. The lowest BCUT2D eigenvalue weighted by molar-refractivity contribution is 0.0392. The van der Waals surface area contributed by atoms with Crippen LogP contribution in [0.2, 0.25) is 0 Å². The van der Waals surface area contributed by atoms with Crippen LogP contribution in [0.1, 0.15) is 214 Å². The summed E-state index contributed by atoms with van der Waals surface area (Å²) in [5.41, 5.74) is 0.522. The number of unbranched alkanes of at least 4 members (excludes halogenated alkanes) is 26. The van der Waals surface area contributed by atoms with Gasteiger partial charge in [0.1, 0.15) is 22.6 Å². The highest BCUT2D eigenvalue weighted by Gasteiger charge is 2.21. The summed E-state index contributed by atoms with van der Waals surface area (Å²) < 4.78 is 17.3. The van der Waals surface area contributed by atoms with E-state index >= 15 is 0 Å². The van der Waals surface area contributed by atoms with Crippen LogP contribution in [0.15, 0.2) is 48.5 Å². The molecule has 0 heterocycles. The SMILES string of the molecule is CCCCCCCCCCCCCCCCOc1ccccc1C(=O)OC(=O)c1ccccc1OCCCCCCCCCCCCCCCC. The second-order valence-corrected chi connectivity index (χ2v) is 14.6. The van der Waals surface area contributed by atoms with E-state index in [2.05, 4.69) is 13.8 Å². The number of esters is 2. The summed E-state index contributed by atoms with van der Waals surface area (Å²) in [6, 6.07) is 14.0. The van der Waals surface area contributed by atoms with Crippen molar-refractivity contribution >= 4 is 11.9 Å². The maximum atomic E-state index is 13.1. The summed E-state index contributed by atoms with van der Waals surface area (Å²) in [7, 11) is 0. The highest BCUT2D eigenvalue weighted by molar-refractivity contribution is 6.04. The molecule has 0 spiro atoms. The Labute approximate surface area is 313 Å². The van der Waals surface area contributed by atoms with Crippen LogP contribution in [0.5, 0.6) is 11.5 Å². The molecule has 0 radical (unpaired) electrons. The van der Waals surface area contributed by atoms with Crippen molar-refractivity contribution in [3.8, 4) is 11.5 Å². The van der Waals surface area contributed by atoms with Crippen LogP contribution < -0.4 is 9.47 Å². The lowest BCUT2D eigenvalue weighted by Crippen LogP contribution is -2.15. The van der Waals surface area contributed by atoms with Crippen LogP contribution in [-0.2, 0) is 4.74 Å². The Morgan fingerprint density at radius 2 is 0.627 bits per heavy atom. The molecule has 0 saturated heterocycles. The predicted molar refractivity (Wildman–Crippen MR) is 214 cm³/mol. The summed E-state index contributed by atoms with van der Waals surface area (Å²) in [5, 5.41) is 0. The first-order valence-electron chi connectivity index (χ1n) is 21.4. The van der Waals surface area contributed by atoms with E-state index in [1.54, 1.807) is 36.4 Å². The average Bonchev–Trinajstić information content (AvgIpc) is 3.15. The summed E-state index contributed by atoms with van der Waals surface area (Å²) >= 11 is 0. The molecule has 2 aromatic rings. The van der Waals surface area contributed by atoms with E-state index in [9.17, 15) is 9.59 Å². The Bertz CT molecular complexity index is 1040. The van der Waals surface area contributed by atoms with E-state index < -0.39 is 11.9 Å². The van der Waals surface area contributed by atoms with Gasteiger partial charge in [0, 0.05) is 0 Å². The van der Waals surface area contributed by atoms with Gasteiger partial charge >= 0.3 is 11.9 Å². The molecule has 0 aromatic heterocycles. The number of para-hydroxylation sites is 2. The number of hydrogen-bond donors (Lipinski definition) is 0. The van der Waals surface area contributed by atoms with E-state index in [1.807, 2.05) is 12.1 Å². The first kappa shape index (κ1) is 44.3. The van der Waals surface area contributed by atoms with Gasteiger partial charge in [-0.3, -0.25) is 0 Å². The second-order valence-electron chi connectivity index (χ2n) is 14.6. The van der Waals surface area contributed by atoms with Gasteiger partial charge in [-0.05, 0) is 37.1 Å². The van der Waals surface area contributed by atoms with Crippen molar-refractivity contribution in [2.75, 3.05) is 13.2 Å². The van der Waals surface area contributed by atoms with Crippen LogP contribution in [0.3, 0.4) is 0 Å². The van der Waals surface area contributed by atoms with Crippen molar-refractivity contribution in [1.29, 1.82) is 0 Å². The Kier molecular flexibility index (Phi) is 27.7. The largest absolute Gasteiger partial charge is 0.493 e. The van der Waals surface area contributed by atoms with Gasteiger partial charge in [0.15, 0.2) is 0 Å². The fourth-order valence-electron chi connectivity index (χ4n) is 6.67. The lowest BCUT2D eigenvalue weighted by Gasteiger charge is -2.12. The van der Waals surface area contributed by atoms with E-state index in [4.69, 9.17) is 14.2 Å². The lowest BCUT2D eigenvalue weighted by atomic mass is 10.0. The molecule has 0 unspecified atom stereocenters. The maximum absolute atomic E-state index is 13.1. The van der Waals surface area contributed by atoms with E-state index in [0.717, 1.165) is 25.7 Å². The summed E-state index contributed by atoms with van der Waals surface area (Å²) in [6.07, 6.45) is 36.5. The van der Waals surface area contributed by atoms with Crippen LogP contribution in [-0.4, -0.2) is 25.2 Å². The van der Waals surface area contributed by atoms with Crippen LogP contribution in [0, 0.1) is 0 Å². The third kappa shape index (κ3) is 22.7. The predicted octanol–water partition coefficient (Wildman–Crippen LogP) is 14.4. The first-order valence-corrected chi connectivity index (χ1v) is 21.4. The van der Waals surface area contributed by atoms with Crippen molar-refractivity contribution in [3.05, 3.63) is 59.7 Å². The summed E-state index contributed by atoms with van der Waals surface area (Å²) in [4.78, 5) is 26.1. The number of carbonyl (C=O) groups excluding carboxylic acids is 2. The standard InChI is InChI=1S/C46H74O5/c1-3-5-7-9-11-13-15-17-19-21-23-25-27-33-39-49-43-37-31-29-35-41(43)45(47)51-46(48)42-36-30-32-38-44(42)50-40-34-28-26-24-22-20-18-16-14-12-10-8-6-4-2/h29-32,35-38H,3-28,33-34,39-40H2,1-2H3. The fraction of sp³-hybridized carbons (Fsp3) is 0.696. The summed E-state index contributed by atoms with van der Waals surface area (Å²) in [5.74, 6) is -0.517. The molecule has 5 heteroatoms. The zero-order chi connectivity index (χ0) is 36.5. The molecule has 288 valence electrons. The van der Waals surface area contributed by atoms with Gasteiger partial charge in [0.05, 0.1) is 13.2 Å². The van der Waals surface area contributed by atoms with Crippen molar-refractivity contribution in [2.45, 2.75) is 194 Å². The van der Waals surface area contributed by atoms with Crippen molar-refractivity contribution in [3.63, 3.8) is 0 Å². The number of rotatable bonds is 34. The monoisotopic (exact) mass is 707 g/mol. The fourth-order valence-corrected chi connectivity index (χ4v) is 6.67. The molecule has 2 aromatic carbocycles. The molecular formula is C46H74O5. The first-order chi connectivity index (χ1) is 25.2. The quantitative estimate of drug-likeness (QED) is 0.0412. The number of carbonyl (C=O) groups is 2. The topological polar surface area (TPSA) is 61.8 Å². The smallest absolute Gasteiger partial charge is 0.349 e. The summed E-state index contributed by atoms with van der Waals surface area (Å²) in [6.45, 7) is 5.61. The third-order valence-corrected chi connectivity index (χ3v) is 9.91. The molecule has 0 fully saturated rings. The van der Waals surface area contributed by atoms with Gasteiger partial charge in [-0.15, -0.1) is 0 Å². The Morgan fingerprint density at radius 3 is 0.922 bits per heavy atom. The van der Waals surface area contributed by atoms with Crippen molar-refractivity contribution in [1.82, 2.24) is 0 Å². The number of hydrogen-bond acceptors (Lipinski definition) is 5. The zero-order valence-corrected chi connectivity index (χ0v) is 32.9. The minimum absolute atomic E-state index is 0.261. The highest BCUT2D eigenvalue weighted by Crippen LogP contribution is 2.24. The van der Waals surface area contributed by atoms with Gasteiger partial charge in [-0.2, -0.15) is 0 Å². The molecule has 0 aliphatic rings. The Hall–Kier alpha value is -2.82. The molecule has 5 nitrogen and oxygen atoms in total. The van der Waals surface area contributed by atoms with Crippen molar-refractivity contribution in [2.24, 2.45) is 0 Å². The third-order valence-electron chi connectivity index (χ3n) is 9.91. The molecule has 2 rings (SSSR count). The van der Waals surface area contributed by atoms with Crippen LogP contribution in [0.4, 0.5) is 0 Å². The Morgan fingerprint density at radius 1 is 0.373 bits per heavy atom. The normalized spacial score (nSPS) is 11.1. The van der Waals surface area contributed by atoms with Gasteiger partial charge in [-0.25, -0.2) is 9.59 Å².